The van der Waals surface area contributed by atoms with Crippen LogP contribution in [0.4, 0.5) is 0 Å². The van der Waals surface area contributed by atoms with E-state index in [0.29, 0.717) is 5.90 Å². The molecule has 1 aromatic rings. The molecular formula is C11H10BrNO2. The van der Waals surface area contributed by atoms with Gasteiger partial charge in [0, 0.05) is 6.92 Å². The van der Waals surface area contributed by atoms with Gasteiger partial charge in [0.2, 0.25) is 0 Å². The number of nitrogens with zero attached hydrogens (tertiary/aromatic N) is 1. The summed E-state index contributed by atoms with van der Waals surface area (Å²) in [6.45, 7) is 1.67. The molecule has 0 saturated carbocycles. The molecule has 0 amide bonds. The average Bonchev–Trinajstić information content (AvgIpc) is 2.17. The molecule has 3 nitrogen and oxygen atoms in total. The molecule has 1 aromatic carbocycles. The second-order valence-electron chi connectivity index (χ2n) is 3.33. The summed E-state index contributed by atoms with van der Waals surface area (Å²) in [6, 6.07) is 9.50. The van der Waals surface area contributed by atoms with Gasteiger partial charge in [-0.25, -0.2) is 4.99 Å². The maximum Gasteiger partial charge on any atom is 0.322 e. The van der Waals surface area contributed by atoms with Crippen molar-refractivity contribution in [2.24, 2.45) is 4.99 Å². The van der Waals surface area contributed by atoms with Crippen molar-refractivity contribution in [3.63, 3.8) is 0 Å². The Hall–Kier alpha value is -1.16. The van der Waals surface area contributed by atoms with Gasteiger partial charge in [0.15, 0.2) is 5.90 Å². The van der Waals surface area contributed by atoms with E-state index in [9.17, 15) is 4.79 Å². The van der Waals surface area contributed by atoms with Gasteiger partial charge < -0.3 is 4.74 Å². The minimum Gasteiger partial charge on any atom is -0.412 e. The van der Waals surface area contributed by atoms with Gasteiger partial charge in [-0.1, -0.05) is 46.3 Å². The third-order valence-electron chi connectivity index (χ3n) is 2.24. The molecule has 15 heavy (non-hydrogen) atoms. The highest BCUT2D eigenvalue weighted by Gasteiger charge is 2.33. The molecule has 0 saturated heterocycles. The standard InChI is InChI=1S/C11H10BrNO2/c1-7-13-10(12)9(11(14)15-7)8-5-3-2-4-6-8/h2-6,9-10H,1H3. The minimum absolute atomic E-state index is 0.235. The molecule has 0 bridgehead atoms. The van der Waals surface area contributed by atoms with Crippen LogP contribution in [0.25, 0.3) is 0 Å². The first-order chi connectivity index (χ1) is 7.18. The number of hydrogen-bond donors (Lipinski definition) is 0. The van der Waals surface area contributed by atoms with E-state index in [1.165, 1.54) is 0 Å². The fraction of sp³-hybridized carbons (Fsp3) is 0.273. The Kier molecular flexibility index (Phi) is 2.86. The smallest absolute Gasteiger partial charge is 0.322 e. The lowest BCUT2D eigenvalue weighted by Gasteiger charge is -2.23. The molecule has 78 valence electrons. The number of cyclic esters (lactones) is 1. The number of halogens is 1. The Labute approximate surface area is 96.3 Å². The fourth-order valence-electron chi connectivity index (χ4n) is 1.55. The monoisotopic (exact) mass is 267 g/mol. The van der Waals surface area contributed by atoms with Gasteiger partial charge in [-0.15, -0.1) is 0 Å². The van der Waals surface area contributed by atoms with Crippen molar-refractivity contribution in [2.75, 3.05) is 0 Å². The van der Waals surface area contributed by atoms with Crippen LogP contribution in [0.15, 0.2) is 35.3 Å². The molecule has 4 heteroatoms. The molecule has 0 aliphatic carbocycles. The largest absolute Gasteiger partial charge is 0.412 e. The summed E-state index contributed by atoms with van der Waals surface area (Å²) in [6.07, 6.45) is 0. The van der Waals surface area contributed by atoms with Crippen LogP contribution in [-0.4, -0.2) is 16.8 Å². The van der Waals surface area contributed by atoms with Crippen LogP contribution in [-0.2, 0) is 9.53 Å². The van der Waals surface area contributed by atoms with Gasteiger partial charge in [-0.3, -0.25) is 4.79 Å². The molecular weight excluding hydrogens is 258 g/mol. The van der Waals surface area contributed by atoms with E-state index in [1.807, 2.05) is 30.3 Å². The summed E-state index contributed by atoms with van der Waals surface area (Å²) < 4.78 is 5.00. The molecule has 0 fully saturated rings. The van der Waals surface area contributed by atoms with E-state index in [2.05, 4.69) is 20.9 Å². The van der Waals surface area contributed by atoms with Gasteiger partial charge in [0.05, 0.1) is 0 Å². The second-order valence-corrected chi connectivity index (χ2v) is 4.27. The van der Waals surface area contributed by atoms with Crippen LogP contribution in [0, 0.1) is 0 Å². The first-order valence-corrected chi connectivity index (χ1v) is 5.55. The van der Waals surface area contributed by atoms with E-state index in [4.69, 9.17) is 4.74 Å². The van der Waals surface area contributed by atoms with E-state index in [1.54, 1.807) is 6.92 Å². The second kappa shape index (κ2) is 4.14. The number of esters is 1. The molecule has 0 N–H and O–H groups in total. The summed E-state index contributed by atoms with van der Waals surface area (Å²) in [4.78, 5) is 15.6. The summed E-state index contributed by atoms with van der Waals surface area (Å²) in [5.41, 5.74) is 0.917. The number of benzene rings is 1. The highest BCUT2D eigenvalue weighted by molar-refractivity contribution is 9.09. The van der Waals surface area contributed by atoms with E-state index in [0.717, 1.165) is 5.56 Å². The van der Waals surface area contributed by atoms with Crippen molar-refractivity contribution in [3.8, 4) is 0 Å². The SMILES string of the molecule is CC1=NC(Br)C(c2ccccc2)C(=O)O1. The summed E-state index contributed by atoms with van der Waals surface area (Å²) in [5, 5.41) is 0. The highest BCUT2D eigenvalue weighted by Crippen LogP contribution is 2.30. The van der Waals surface area contributed by atoms with E-state index in [-0.39, 0.29) is 16.8 Å². The van der Waals surface area contributed by atoms with Gasteiger partial charge in [-0.2, -0.15) is 0 Å². The van der Waals surface area contributed by atoms with Crippen molar-refractivity contribution >= 4 is 27.8 Å². The first kappa shape index (κ1) is 10.4. The Morgan fingerprint density at radius 3 is 2.60 bits per heavy atom. The van der Waals surface area contributed by atoms with Crippen molar-refractivity contribution in [3.05, 3.63) is 35.9 Å². The summed E-state index contributed by atoms with van der Waals surface area (Å²) in [7, 11) is 0. The van der Waals surface area contributed by atoms with Crippen molar-refractivity contribution < 1.29 is 9.53 Å². The number of ether oxygens (including phenoxy) is 1. The first-order valence-electron chi connectivity index (χ1n) is 4.63. The zero-order chi connectivity index (χ0) is 10.8. The molecule has 1 heterocycles. The number of hydrogen-bond acceptors (Lipinski definition) is 3. The highest BCUT2D eigenvalue weighted by atomic mass is 79.9. The lowest BCUT2D eigenvalue weighted by Crippen LogP contribution is -2.30. The Bertz CT molecular complexity index is 402. The van der Waals surface area contributed by atoms with Crippen molar-refractivity contribution in [1.29, 1.82) is 0 Å². The third kappa shape index (κ3) is 2.09. The number of aliphatic imine (C=N–C) groups is 1. The van der Waals surface area contributed by atoms with Gasteiger partial charge in [0.1, 0.15) is 10.9 Å². The maximum atomic E-state index is 11.7. The topological polar surface area (TPSA) is 38.7 Å². The number of carbonyl (C=O) groups is 1. The minimum atomic E-state index is -0.352. The Morgan fingerprint density at radius 1 is 1.33 bits per heavy atom. The van der Waals surface area contributed by atoms with Gasteiger partial charge in [0.25, 0.3) is 0 Å². The quantitative estimate of drug-likeness (QED) is 0.446. The molecule has 0 radical (unpaired) electrons. The molecule has 0 aromatic heterocycles. The molecule has 1 aliphatic rings. The molecule has 2 rings (SSSR count). The van der Waals surface area contributed by atoms with Gasteiger partial charge in [-0.05, 0) is 5.56 Å². The predicted octanol–water partition coefficient (Wildman–Crippen LogP) is 2.47. The molecule has 0 spiro atoms. The van der Waals surface area contributed by atoms with Crippen LogP contribution in [0.2, 0.25) is 0 Å². The van der Waals surface area contributed by atoms with Gasteiger partial charge >= 0.3 is 5.97 Å². The van der Waals surface area contributed by atoms with Crippen LogP contribution in [0.5, 0.6) is 0 Å². The molecule has 2 atom stereocenters. The average molecular weight is 268 g/mol. The van der Waals surface area contributed by atoms with Crippen LogP contribution in [0.1, 0.15) is 18.4 Å². The number of alkyl halides is 1. The van der Waals surface area contributed by atoms with Crippen molar-refractivity contribution in [1.82, 2.24) is 0 Å². The van der Waals surface area contributed by atoms with Crippen molar-refractivity contribution in [2.45, 2.75) is 17.8 Å². The third-order valence-corrected chi connectivity index (χ3v) is 2.97. The predicted molar refractivity (Wildman–Crippen MR) is 61.1 cm³/mol. The normalized spacial score (nSPS) is 25.7. The molecule has 1 aliphatic heterocycles. The number of carbonyl (C=O) groups excluding carboxylic acids is 1. The Morgan fingerprint density at radius 2 is 2.00 bits per heavy atom. The van der Waals surface area contributed by atoms with Crippen LogP contribution >= 0.6 is 15.9 Å². The summed E-state index contributed by atoms with van der Waals surface area (Å²) in [5.74, 6) is -0.195. The zero-order valence-electron chi connectivity index (χ0n) is 8.18. The summed E-state index contributed by atoms with van der Waals surface area (Å²) >= 11 is 3.38. The fourth-order valence-corrected chi connectivity index (χ4v) is 2.36. The van der Waals surface area contributed by atoms with E-state index < -0.39 is 0 Å². The van der Waals surface area contributed by atoms with Crippen LogP contribution < -0.4 is 0 Å². The van der Waals surface area contributed by atoms with E-state index >= 15 is 0 Å². The lowest BCUT2D eigenvalue weighted by molar-refractivity contribution is -0.138. The number of rotatable bonds is 1. The zero-order valence-corrected chi connectivity index (χ0v) is 9.77. The Balaban J connectivity index is 2.34. The lowest BCUT2D eigenvalue weighted by atomic mass is 9.99. The molecule has 2 unspecified atom stereocenters. The van der Waals surface area contributed by atoms with Crippen LogP contribution in [0.3, 0.4) is 0 Å². The maximum absolute atomic E-state index is 11.7.